The second kappa shape index (κ2) is 8.79. The van der Waals surface area contributed by atoms with Crippen molar-refractivity contribution in [2.24, 2.45) is 0 Å². The number of amides is 1. The normalized spacial score (nSPS) is 37.3. The molecule has 8 atom stereocenters. The first-order chi connectivity index (χ1) is 16.2. The van der Waals surface area contributed by atoms with E-state index >= 15 is 0 Å². The fourth-order valence-corrected chi connectivity index (χ4v) is 4.82. The molecular formula is C25H27NO7. The lowest BCUT2D eigenvalue weighted by atomic mass is 9.95. The van der Waals surface area contributed by atoms with E-state index in [1.165, 1.54) is 0 Å². The van der Waals surface area contributed by atoms with Gasteiger partial charge >= 0.3 is 0 Å². The quantitative estimate of drug-likeness (QED) is 0.643. The van der Waals surface area contributed by atoms with Crippen molar-refractivity contribution in [1.82, 2.24) is 4.90 Å². The predicted molar refractivity (Wildman–Crippen MR) is 115 cm³/mol. The Bertz CT molecular complexity index is 973. The van der Waals surface area contributed by atoms with Crippen LogP contribution in [0.3, 0.4) is 0 Å². The molecular weight excluding hydrogens is 426 g/mol. The summed E-state index contributed by atoms with van der Waals surface area (Å²) in [5.41, 5.74) is 1.96. The van der Waals surface area contributed by atoms with Crippen LogP contribution in [-0.2, 0) is 39.8 Å². The molecule has 4 heterocycles. The second-order valence-corrected chi connectivity index (χ2v) is 8.84. The molecule has 0 aromatic heterocycles. The Labute approximate surface area is 192 Å². The van der Waals surface area contributed by atoms with E-state index in [2.05, 4.69) is 0 Å². The summed E-state index contributed by atoms with van der Waals surface area (Å²) < 4.78 is 36.4. The molecule has 33 heavy (non-hydrogen) atoms. The summed E-state index contributed by atoms with van der Waals surface area (Å²) >= 11 is 0. The Morgan fingerprint density at radius 3 is 2.42 bits per heavy atom. The SMILES string of the molecule is C[C@H]1O[C@@H]1C(=O)N1CO[C@@H]2[C@@H]3O[C@H](c4ccccc4)OC[C@H]3O[C@@H](OCc3ccccc3)[C@@H]21. The van der Waals surface area contributed by atoms with Crippen LogP contribution in [0.1, 0.15) is 24.3 Å². The van der Waals surface area contributed by atoms with Crippen LogP contribution in [0.25, 0.3) is 0 Å². The topological polar surface area (TPSA) is 79.0 Å². The van der Waals surface area contributed by atoms with Crippen molar-refractivity contribution in [1.29, 1.82) is 0 Å². The van der Waals surface area contributed by atoms with E-state index in [4.69, 9.17) is 28.4 Å². The number of epoxide rings is 1. The second-order valence-electron chi connectivity index (χ2n) is 8.84. The molecule has 0 unspecified atom stereocenters. The van der Waals surface area contributed by atoms with E-state index in [1.807, 2.05) is 67.6 Å². The first-order valence-corrected chi connectivity index (χ1v) is 11.4. The van der Waals surface area contributed by atoms with E-state index in [0.29, 0.717) is 13.2 Å². The average Bonchev–Trinajstić information content (AvgIpc) is 3.43. The van der Waals surface area contributed by atoms with Gasteiger partial charge in [-0.25, -0.2) is 0 Å². The summed E-state index contributed by atoms with van der Waals surface area (Å²) in [7, 11) is 0. The molecule has 4 aliphatic heterocycles. The minimum absolute atomic E-state index is 0.0840. The van der Waals surface area contributed by atoms with Crippen molar-refractivity contribution >= 4 is 5.91 Å². The van der Waals surface area contributed by atoms with Gasteiger partial charge in [-0.1, -0.05) is 60.7 Å². The molecule has 0 N–H and O–H groups in total. The smallest absolute Gasteiger partial charge is 0.256 e. The Kier molecular flexibility index (Phi) is 5.65. The summed E-state index contributed by atoms with van der Waals surface area (Å²) in [4.78, 5) is 14.8. The van der Waals surface area contributed by atoms with Crippen LogP contribution in [0.5, 0.6) is 0 Å². The maximum atomic E-state index is 13.1. The van der Waals surface area contributed by atoms with Crippen molar-refractivity contribution in [2.75, 3.05) is 13.3 Å². The van der Waals surface area contributed by atoms with Gasteiger partial charge in [-0.15, -0.1) is 0 Å². The Balaban J connectivity index is 1.24. The van der Waals surface area contributed by atoms with Gasteiger partial charge in [-0.05, 0) is 12.5 Å². The van der Waals surface area contributed by atoms with Gasteiger partial charge in [-0.3, -0.25) is 4.79 Å². The van der Waals surface area contributed by atoms with Crippen molar-refractivity contribution < 1.29 is 33.2 Å². The van der Waals surface area contributed by atoms with E-state index < -0.39 is 30.8 Å². The maximum absolute atomic E-state index is 13.1. The fourth-order valence-electron chi connectivity index (χ4n) is 4.82. The van der Waals surface area contributed by atoms with E-state index in [1.54, 1.807) is 4.90 Å². The number of carbonyl (C=O) groups excluding carboxylic acids is 1. The van der Waals surface area contributed by atoms with Crippen molar-refractivity contribution in [3.05, 3.63) is 71.8 Å². The summed E-state index contributed by atoms with van der Waals surface area (Å²) in [6.07, 6.45) is -2.85. The van der Waals surface area contributed by atoms with Crippen molar-refractivity contribution in [3.8, 4) is 0 Å². The molecule has 4 saturated heterocycles. The summed E-state index contributed by atoms with van der Waals surface area (Å²) in [6, 6.07) is 19.2. The molecule has 6 rings (SSSR count). The van der Waals surface area contributed by atoms with E-state index in [0.717, 1.165) is 11.1 Å². The third-order valence-corrected chi connectivity index (χ3v) is 6.64. The van der Waals surface area contributed by atoms with Crippen molar-refractivity contribution in [3.63, 3.8) is 0 Å². The Morgan fingerprint density at radius 1 is 0.970 bits per heavy atom. The lowest BCUT2D eigenvalue weighted by Gasteiger charge is -2.47. The van der Waals surface area contributed by atoms with E-state index in [9.17, 15) is 4.79 Å². The summed E-state index contributed by atoms with van der Waals surface area (Å²) in [5, 5.41) is 0. The first kappa shape index (κ1) is 21.2. The van der Waals surface area contributed by atoms with Gasteiger partial charge in [-0.2, -0.15) is 0 Å². The largest absolute Gasteiger partial charge is 0.359 e. The molecule has 0 radical (unpaired) electrons. The van der Waals surface area contributed by atoms with Gasteiger partial charge in [0.15, 0.2) is 18.7 Å². The zero-order valence-electron chi connectivity index (χ0n) is 18.3. The molecule has 1 amide bonds. The minimum Gasteiger partial charge on any atom is -0.359 e. The number of fused-ring (bicyclic) bond motifs is 3. The molecule has 8 heteroatoms. The maximum Gasteiger partial charge on any atom is 0.256 e. The highest BCUT2D eigenvalue weighted by Gasteiger charge is 2.59. The molecule has 2 aromatic carbocycles. The third-order valence-electron chi connectivity index (χ3n) is 6.64. The van der Waals surface area contributed by atoms with Gasteiger partial charge in [0.25, 0.3) is 5.91 Å². The van der Waals surface area contributed by atoms with Gasteiger partial charge in [0.2, 0.25) is 0 Å². The van der Waals surface area contributed by atoms with Crippen LogP contribution >= 0.6 is 0 Å². The molecule has 174 valence electrons. The standard InChI is InChI=1S/C25H27NO7/c1-15-20(31-15)23(27)26-14-30-22-19(26)25(28-12-16-8-4-2-5-9-16)32-18-13-29-24(33-21(18)22)17-10-6-3-7-11-17/h2-11,15,18-22,24-25H,12-14H2,1H3/t15-,18-,19-,20+,21-,22+,24-,25-/m1/s1. The monoisotopic (exact) mass is 453 g/mol. The van der Waals surface area contributed by atoms with Crippen LogP contribution in [0.4, 0.5) is 0 Å². The van der Waals surface area contributed by atoms with Crippen LogP contribution in [-0.4, -0.2) is 67.0 Å². The van der Waals surface area contributed by atoms with Crippen LogP contribution in [0.2, 0.25) is 0 Å². The number of ether oxygens (including phenoxy) is 6. The van der Waals surface area contributed by atoms with Gasteiger partial charge in [0.05, 0.1) is 19.3 Å². The third kappa shape index (κ3) is 4.07. The van der Waals surface area contributed by atoms with Gasteiger partial charge in [0, 0.05) is 5.56 Å². The van der Waals surface area contributed by atoms with Crippen molar-refractivity contribution in [2.45, 2.75) is 62.7 Å². The molecule has 4 aliphatic rings. The van der Waals surface area contributed by atoms with Crippen LogP contribution in [0, 0.1) is 0 Å². The lowest BCUT2D eigenvalue weighted by Crippen LogP contribution is -2.64. The molecule has 0 bridgehead atoms. The molecule has 2 aromatic rings. The zero-order valence-corrected chi connectivity index (χ0v) is 18.3. The highest BCUT2D eigenvalue weighted by molar-refractivity contribution is 5.84. The Morgan fingerprint density at radius 2 is 1.70 bits per heavy atom. The van der Waals surface area contributed by atoms with Crippen LogP contribution in [0.15, 0.2) is 60.7 Å². The summed E-state index contributed by atoms with van der Waals surface area (Å²) in [6.45, 7) is 2.75. The average molecular weight is 453 g/mol. The Hall–Kier alpha value is -2.33. The summed E-state index contributed by atoms with van der Waals surface area (Å²) in [5.74, 6) is -0.1000. The molecule has 0 spiro atoms. The zero-order chi connectivity index (χ0) is 22.4. The number of rotatable bonds is 5. The fraction of sp³-hybridized carbons (Fsp3) is 0.480. The molecule has 4 fully saturated rings. The minimum atomic E-state index is -0.669. The highest BCUT2D eigenvalue weighted by Crippen LogP contribution is 2.41. The van der Waals surface area contributed by atoms with Crippen LogP contribution < -0.4 is 0 Å². The predicted octanol–water partition coefficient (Wildman–Crippen LogP) is 2.38. The molecule has 0 aliphatic carbocycles. The lowest BCUT2D eigenvalue weighted by molar-refractivity contribution is -0.342. The highest BCUT2D eigenvalue weighted by atomic mass is 16.8. The molecule has 0 saturated carbocycles. The van der Waals surface area contributed by atoms with E-state index in [-0.39, 0.29) is 30.9 Å². The number of carbonyl (C=O) groups is 1. The number of benzene rings is 2. The number of hydrogen-bond acceptors (Lipinski definition) is 7. The van der Waals surface area contributed by atoms with Gasteiger partial charge < -0.3 is 33.3 Å². The number of hydrogen-bond donors (Lipinski definition) is 0. The van der Waals surface area contributed by atoms with Gasteiger partial charge in [0.1, 0.15) is 31.1 Å². The number of nitrogens with zero attached hydrogens (tertiary/aromatic N) is 1. The first-order valence-electron chi connectivity index (χ1n) is 11.4. The molecule has 8 nitrogen and oxygen atoms in total.